The smallest absolute Gasteiger partial charge is 0.317 e. The molecule has 1 aliphatic heterocycles. The lowest BCUT2D eigenvalue weighted by Crippen LogP contribution is -2.51. The van der Waals surface area contributed by atoms with Crippen LogP contribution in [-0.4, -0.2) is 51.1 Å². The van der Waals surface area contributed by atoms with Gasteiger partial charge in [-0.25, -0.2) is 4.79 Å². The summed E-state index contributed by atoms with van der Waals surface area (Å²) in [6, 6.07) is 3.25. The van der Waals surface area contributed by atoms with E-state index in [0.717, 1.165) is 11.3 Å². The molecule has 1 fully saturated rings. The van der Waals surface area contributed by atoms with Crippen LogP contribution in [0.25, 0.3) is 0 Å². The van der Waals surface area contributed by atoms with E-state index >= 15 is 0 Å². The summed E-state index contributed by atoms with van der Waals surface area (Å²) >= 11 is 1.69. The lowest BCUT2D eigenvalue weighted by Gasteiger charge is -2.34. The second-order valence-corrected chi connectivity index (χ2v) is 5.69. The third-order valence-electron chi connectivity index (χ3n) is 3.07. The zero-order valence-electron chi connectivity index (χ0n) is 11.0. The molecule has 7 heteroatoms. The summed E-state index contributed by atoms with van der Waals surface area (Å²) in [5, 5.41) is 11.7. The summed E-state index contributed by atoms with van der Waals surface area (Å²) < 4.78 is 0. The number of rotatable bonds is 4. The first-order valence-corrected chi connectivity index (χ1v) is 7.55. The highest BCUT2D eigenvalue weighted by atomic mass is 32.2. The van der Waals surface area contributed by atoms with Gasteiger partial charge in [0, 0.05) is 37.0 Å². The number of thioether (sulfide) groups is 1. The number of carboxylic acids is 1. The van der Waals surface area contributed by atoms with Crippen molar-refractivity contribution in [3.63, 3.8) is 0 Å². The van der Waals surface area contributed by atoms with Gasteiger partial charge in [-0.2, -0.15) is 11.8 Å². The van der Waals surface area contributed by atoms with Crippen LogP contribution in [-0.2, 0) is 11.3 Å². The standard InChI is InChI=1S/C13H17N3O3S/c17-12(18)6-11-9-20-5-4-16(11)13(19)15-8-10-2-1-3-14-7-10/h1-3,7,11H,4-6,8-9H2,(H,15,19)(H,17,18). The molecule has 2 heterocycles. The Morgan fingerprint density at radius 3 is 3.10 bits per heavy atom. The monoisotopic (exact) mass is 295 g/mol. The van der Waals surface area contributed by atoms with E-state index in [0.29, 0.717) is 18.8 Å². The van der Waals surface area contributed by atoms with E-state index in [4.69, 9.17) is 5.11 Å². The first-order chi connectivity index (χ1) is 9.66. The minimum Gasteiger partial charge on any atom is -0.481 e. The van der Waals surface area contributed by atoms with Gasteiger partial charge < -0.3 is 15.3 Å². The van der Waals surface area contributed by atoms with Gasteiger partial charge in [0.2, 0.25) is 0 Å². The molecule has 2 rings (SSSR count). The summed E-state index contributed by atoms with van der Waals surface area (Å²) in [4.78, 5) is 28.6. The lowest BCUT2D eigenvalue weighted by atomic mass is 10.2. The molecule has 0 bridgehead atoms. The number of nitrogens with one attached hydrogen (secondary N) is 1. The average molecular weight is 295 g/mol. The number of carbonyl (C=O) groups excluding carboxylic acids is 1. The van der Waals surface area contributed by atoms with E-state index in [1.165, 1.54) is 0 Å². The maximum Gasteiger partial charge on any atom is 0.317 e. The highest BCUT2D eigenvalue weighted by molar-refractivity contribution is 7.99. The minimum absolute atomic E-state index is 0.00663. The largest absolute Gasteiger partial charge is 0.481 e. The van der Waals surface area contributed by atoms with Gasteiger partial charge in [-0.3, -0.25) is 9.78 Å². The topological polar surface area (TPSA) is 82.5 Å². The SMILES string of the molecule is O=C(O)CC1CSCCN1C(=O)NCc1cccnc1. The number of hydrogen-bond donors (Lipinski definition) is 2. The Bertz CT molecular complexity index is 469. The highest BCUT2D eigenvalue weighted by Crippen LogP contribution is 2.19. The van der Waals surface area contributed by atoms with Gasteiger partial charge >= 0.3 is 12.0 Å². The number of hydrogen-bond acceptors (Lipinski definition) is 4. The quantitative estimate of drug-likeness (QED) is 0.871. The average Bonchev–Trinajstić information content (AvgIpc) is 2.46. The maximum atomic E-state index is 12.2. The summed E-state index contributed by atoms with van der Waals surface area (Å²) in [5.74, 6) is 0.644. The Kier molecular flexibility index (Phi) is 5.23. The Morgan fingerprint density at radius 2 is 2.40 bits per heavy atom. The predicted octanol–water partition coefficient (Wildman–Crippen LogP) is 1.18. The molecular weight excluding hydrogens is 278 g/mol. The molecule has 108 valence electrons. The minimum atomic E-state index is -0.873. The van der Waals surface area contributed by atoms with Gasteiger partial charge in [0.15, 0.2) is 0 Å². The third kappa shape index (κ3) is 4.12. The van der Waals surface area contributed by atoms with Crippen LogP contribution in [0.5, 0.6) is 0 Å². The fraction of sp³-hybridized carbons (Fsp3) is 0.462. The molecule has 1 aromatic heterocycles. The van der Waals surface area contributed by atoms with Crippen LogP contribution in [0.2, 0.25) is 0 Å². The van der Waals surface area contributed by atoms with Crippen LogP contribution >= 0.6 is 11.8 Å². The van der Waals surface area contributed by atoms with Gasteiger partial charge in [-0.1, -0.05) is 6.07 Å². The summed E-state index contributed by atoms with van der Waals surface area (Å²) in [5.41, 5.74) is 0.919. The van der Waals surface area contributed by atoms with E-state index in [1.807, 2.05) is 12.1 Å². The second-order valence-electron chi connectivity index (χ2n) is 4.54. The molecule has 0 radical (unpaired) electrons. The van der Waals surface area contributed by atoms with Crippen LogP contribution in [0.3, 0.4) is 0 Å². The molecule has 6 nitrogen and oxygen atoms in total. The molecule has 0 aliphatic carbocycles. The first-order valence-electron chi connectivity index (χ1n) is 6.39. The van der Waals surface area contributed by atoms with Crippen LogP contribution in [0.15, 0.2) is 24.5 Å². The van der Waals surface area contributed by atoms with Crippen molar-refractivity contribution >= 4 is 23.8 Å². The molecule has 20 heavy (non-hydrogen) atoms. The van der Waals surface area contributed by atoms with E-state index < -0.39 is 5.97 Å². The molecular formula is C13H17N3O3S. The van der Waals surface area contributed by atoms with Gasteiger partial charge in [0.25, 0.3) is 0 Å². The number of urea groups is 1. The zero-order chi connectivity index (χ0) is 14.4. The number of nitrogens with zero attached hydrogens (tertiary/aromatic N) is 2. The van der Waals surface area contributed by atoms with Crippen molar-refractivity contribution < 1.29 is 14.7 Å². The second kappa shape index (κ2) is 7.14. The molecule has 2 amide bonds. The molecule has 1 aliphatic rings. The molecule has 0 spiro atoms. The molecule has 1 saturated heterocycles. The van der Waals surface area contributed by atoms with Crippen molar-refractivity contribution in [1.82, 2.24) is 15.2 Å². The van der Waals surface area contributed by atoms with Gasteiger partial charge in [-0.05, 0) is 11.6 Å². The number of amides is 2. The van der Waals surface area contributed by atoms with Gasteiger partial charge in [-0.15, -0.1) is 0 Å². The Morgan fingerprint density at radius 1 is 1.55 bits per heavy atom. The Balaban J connectivity index is 1.90. The molecule has 2 N–H and O–H groups in total. The summed E-state index contributed by atoms with van der Waals surface area (Å²) in [7, 11) is 0. The summed E-state index contributed by atoms with van der Waals surface area (Å²) in [6.07, 6.45) is 3.37. The number of aliphatic carboxylic acids is 1. The third-order valence-corrected chi connectivity index (χ3v) is 4.16. The van der Waals surface area contributed by atoms with Crippen LogP contribution in [0, 0.1) is 0 Å². The van der Waals surface area contributed by atoms with E-state index in [2.05, 4.69) is 10.3 Å². The van der Waals surface area contributed by atoms with Crippen molar-refractivity contribution in [3.05, 3.63) is 30.1 Å². The maximum absolute atomic E-state index is 12.2. The van der Waals surface area contributed by atoms with Crippen molar-refractivity contribution in [1.29, 1.82) is 0 Å². The fourth-order valence-corrected chi connectivity index (χ4v) is 3.14. The van der Waals surface area contributed by atoms with Gasteiger partial charge in [0.05, 0.1) is 12.5 Å². The number of carbonyl (C=O) groups is 2. The van der Waals surface area contributed by atoms with Crippen molar-refractivity contribution in [2.45, 2.75) is 19.0 Å². The molecule has 1 unspecified atom stereocenters. The molecule has 1 atom stereocenters. The number of pyridine rings is 1. The highest BCUT2D eigenvalue weighted by Gasteiger charge is 2.28. The Hall–Kier alpha value is -1.76. The molecule has 0 aromatic carbocycles. The van der Waals surface area contributed by atoms with E-state index in [9.17, 15) is 9.59 Å². The van der Waals surface area contributed by atoms with Crippen LogP contribution in [0.1, 0.15) is 12.0 Å². The van der Waals surface area contributed by atoms with Crippen molar-refractivity contribution in [2.24, 2.45) is 0 Å². The van der Waals surface area contributed by atoms with E-state index in [1.54, 1.807) is 29.1 Å². The van der Waals surface area contributed by atoms with Crippen LogP contribution in [0.4, 0.5) is 4.79 Å². The van der Waals surface area contributed by atoms with E-state index in [-0.39, 0.29) is 18.5 Å². The Labute approximate surface area is 121 Å². The molecule has 1 aromatic rings. The molecule has 0 saturated carbocycles. The predicted molar refractivity (Wildman–Crippen MR) is 76.5 cm³/mol. The zero-order valence-corrected chi connectivity index (χ0v) is 11.8. The van der Waals surface area contributed by atoms with Crippen LogP contribution < -0.4 is 5.32 Å². The van der Waals surface area contributed by atoms with Crippen molar-refractivity contribution in [3.8, 4) is 0 Å². The lowest BCUT2D eigenvalue weighted by molar-refractivity contribution is -0.137. The van der Waals surface area contributed by atoms with Crippen molar-refractivity contribution in [2.75, 3.05) is 18.1 Å². The number of aromatic nitrogens is 1. The first kappa shape index (κ1) is 14.6. The number of carboxylic acid groups (broad SMARTS) is 1. The normalized spacial score (nSPS) is 18.6. The fourth-order valence-electron chi connectivity index (χ4n) is 2.07. The summed E-state index contributed by atoms with van der Waals surface area (Å²) in [6.45, 7) is 0.984. The van der Waals surface area contributed by atoms with Gasteiger partial charge in [0.1, 0.15) is 0 Å².